The molecule has 1 aliphatic rings. The summed E-state index contributed by atoms with van der Waals surface area (Å²) in [6.07, 6.45) is 4.49. The minimum absolute atomic E-state index is 0.192. The second kappa shape index (κ2) is 7.32. The summed E-state index contributed by atoms with van der Waals surface area (Å²) in [5, 5.41) is 2.14. The van der Waals surface area contributed by atoms with Gasteiger partial charge in [-0.2, -0.15) is 0 Å². The molecule has 0 aliphatic carbocycles. The number of rotatable bonds is 5. The molecule has 0 radical (unpaired) electrons. The average molecular weight is 336 g/mol. The lowest BCUT2D eigenvalue weighted by molar-refractivity contribution is 0.242. The molecule has 0 saturated carbocycles. The molecule has 3 rings (SSSR count). The van der Waals surface area contributed by atoms with E-state index in [1.807, 2.05) is 26.0 Å². The maximum absolute atomic E-state index is 5.75. The Balaban J connectivity index is 1.93. The minimum Gasteiger partial charge on any atom is -0.491 e. The van der Waals surface area contributed by atoms with Gasteiger partial charge < -0.3 is 4.74 Å². The lowest BCUT2D eigenvalue weighted by Gasteiger charge is -2.24. The second-order valence-corrected chi connectivity index (χ2v) is 7.25. The van der Waals surface area contributed by atoms with E-state index >= 15 is 0 Å². The largest absolute Gasteiger partial charge is 0.491 e. The third-order valence-electron chi connectivity index (χ3n) is 4.34. The van der Waals surface area contributed by atoms with Crippen molar-refractivity contribution in [3.8, 4) is 16.9 Å². The molecule has 3 nitrogen and oxygen atoms in total. The maximum atomic E-state index is 5.75. The topological polar surface area (TPSA) is 24.5 Å². The average Bonchev–Trinajstić information content (AvgIpc) is 3.01. The van der Waals surface area contributed by atoms with Crippen LogP contribution in [0.5, 0.6) is 5.75 Å². The van der Waals surface area contributed by atoms with Crippen LogP contribution < -0.4 is 15.2 Å². The first-order valence-corrected chi connectivity index (χ1v) is 9.09. The summed E-state index contributed by atoms with van der Waals surface area (Å²) in [6.45, 7) is 10.7. The number of anilines is 1. The Kier molecular flexibility index (Phi) is 5.14. The van der Waals surface area contributed by atoms with Gasteiger partial charge >= 0.3 is 0 Å². The lowest BCUT2D eigenvalue weighted by atomic mass is 9.96. The molecule has 25 heavy (non-hydrogen) atoms. The molecule has 132 valence electrons. The fourth-order valence-corrected chi connectivity index (χ4v) is 3.09. The van der Waals surface area contributed by atoms with Crippen molar-refractivity contribution in [2.24, 2.45) is 0 Å². The van der Waals surface area contributed by atoms with Crippen LogP contribution >= 0.6 is 0 Å². The molecular weight excluding hydrogens is 308 g/mol. The first kappa shape index (κ1) is 17.6. The standard InChI is InChI=1S/C22H28N2O/c1-15(2)21-11-8-19(14-22(21)24-13-12-17(5)23-24)18-6-9-20(10-7-18)25-16(3)4/h6-17,23H,1-5H3. The zero-order valence-corrected chi connectivity index (χ0v) is 15.8. The second-order valence-electron chi connectivity index (χ2n) is 7.25. The Morgan fingerprint density at radius 3 is 2.20 bits per heavy atom. The quantitative estimate of drug-likeness (QED) is 0.781. The van der Waals surface area contributed by atoms with Gasteiger partial charge in [0.15, 0.2) is 0 Å². The summed E-state index contributed by atoms with van der Waals surface area (Å²) < 4.78 is 5.75. The fourth-order valence-electron chi connectivity index (χ4n) is 3.09. The van der Waals surface area contributed by atoms with Crippen molar-refractivity contribution >= 4 is 5.69 Å². The van der Waals surface area contributed by atoms with Crippen molar-refractivity contribution in [2.45, 2.75) is 52.7 Å². The van der Waals surface area contributed by atoms with Crippen LogP contribution in [0.4, 0.5) is 5.69 Å². The van der Waals surface area contributed by atoms with Gasteiger partial charge in [0.1, 0.15) is 5.75 Å². The van der Waals surface area contributed by atoms with Crippen LogP contribution in [0, 0.1) is 0 Å². The molecule has 2 aromatic carbocycles. The van der Waals surface area contributed by atoms with Crippen LogP contribution in [0.15, 0.2) is 54.7 Å². The number of nitrogens with one attached hydrogen (secondary N) is 1. The molecule has 1 N–H and O–H groups in total. The van der Waals surface area contributed by atoms with Crippen molar-refractivity contribution in [3.05, 3.63) is 60.3 Å². The highest BCUT2D eigenvalue weighted by molar-refractivity contribution is 5.72. The van der Waals surface area contributed by atoms with Crippen molar-refractivity contribution in [3.63, 3.8) is 0 Å². The third-order valence-corrected chi connectivity index (χ3v) is 4.34. The predicted octanol–water partition coefficient (Wildman–Crippen LogP) is 5.49. The van der Waals surface area contributed by atoms with Crippen molar-refractivity contribution in [2.75, 3.05) is 5.01 Å². The molecule has 1 atom stereocenters. The van der Waals surface area contributed by atoms with Gasteiger partial charge in [-0.15, -0.1) is 0 Å². The summed E-state index contributed by atoms with van der Waals surface area (Å²) in [7, 11) is 0. The van der Waals surface area contributed by atoms with E-state index in [0.29, 0.717) is 12.0 Å². The van der Waals surface area contributed by atoms with Crippen LogP contribution in [0.3, 0.4) is 0 Å². The van der Waals surface area contributed by atoms with Crippen LogP contribution in [0.2, 0.25) is 0 Å². The molecule has 0 aromatic heterocycles. The number of ether oxygens (including phenoxy) is 1. The van der Waals surface area contributed by atoms with Crippen molar-refractivity contribution < 1.29 is 4.74 Å². The fraction of sp³-hybridized carbons (Fsp3) is 0.364. The number of benzene rings is 2. The van der Waals surface area contributed by atoms with E-state index in [1.54, 1.807) is 0 Å². The number of hydrazine groups is 1. The highest BCUT2D eigenvalue weighted by Gasteiger charge is 2.18. The molecule has 0 saturated heterocycles. The Morgan fingerprint density at radius 2 is 1.64 bits per heavy atom. The van der Waals surface area contributed by atoms with Crippen LogP contribution in [-0.4, -0.2) is 12.1 Å². The molecule has 1 aliphatic heterocycles. The Labute approximate surface area is 151 Å². The molecule has 1 unspecified atom stereocenters. The third kappa shape index (κ3) is 4.05. The van der Waals surface area contributed by atoms with E-state index in [-0.39, 0.29) is 6.10 Å². The van der Waals surface area contributed by atoms with E-state index in [9.17, 15) is 0 Å². The van der Waals surface area contributed by atoms with Crippen molar-refractivity contribution in [1.82, 2.24) is 5.43 Å². The number of hydrogen-bond donors (Lipinski definition) is 1. The van der Waals surface area contributed by atoms with E-state index in [0.717, 1.165) is 5.75 Å². The first-order chi connectivity index (χ1) is 11.9. The monoisotopic (exact) mass is 336 g/mol. The molecule has 2 aromatic rings. The molecule has 0 bridgehead atoms. The van der Waals surface area contributed by atoms with Crippen LogP contribution in [-0.2, 0) is 0 Å². The molecule has 1 heterocycles. The normalized spacial score (nSPS) is 16.9. The van der Waals surface area contributed by atoms with Gasteiger partial charge in [-0.1, -0.05) is 38.1 Å². The lowest BCUT2D eigenvalue weighted by Crippen LogP contribution is -2.34. The highest BCUT2D eigenvalue weighted by atomic mass is 16.5. The van der Waals surface area contributed by atoms with Gasteiger partial charge in [-0.3, -0.25) is 5.01 Å². The molecule has 3 heteroatoms. The first-order valence-electron chi connectivity index (χ1n) is 9.09. The Hall–Kier alpha value is -2.26. The van der Waals surface area contributed by atoms with Crippen LogP contribution in [0.1, 0.15) is 46.1 Å². The van der Waals surface area contributed by atoms with Gasteiger partial charge in [0, 0.05) is 12.2 Å². The van der Waals surface area contributed by atoms with Gasteiger partial charge in [0.2, 0.25) is 0 Å². The smallest absolute Gasteiger partial charge is 0.119 e. The molecular formula is C22H28N2O. The molecule has 0 amide bonds. The van der Waals surface area contributed by atoms with Gasteiger partial charge in [0.25, 0.3) is 0 Å². The Morgan fingerprint density at radius 1 is 0.960 bits per heavy atom. The van der Waals surface area contributed by atoms with Crippen LogP contribution in [0.25, 0.3) is 11.1 Å². The van der Waals surface area contributed by atoms with Gasteiger partial charge in [0.05, 0.1) is 11.8 Å². The molecule has 0 spiro atoms. The summed E-state index contributed by atoms with van der Waals surface area (Å²) in [5.41, 5.74) is 8.45. The number of nitrogens with zero attached hydrogens (tertiary/aromatic N) is 1. The predicted molar refractivity (Wildman–Crippen MR) is 106 cm³/mol. The zero-order chi connectivity index (χ0) is 18.0. The van der Waals surface area contributed by atoms with Gasteiger partial charge in [-0.25, -0.2) is 5.43 Å². The summed E-state index contributed by atoms with van der Waals surface area (Å²) >= 11 is 0. The minimum atomic E-state index is 0.192. The van der Waals surface area contributed by atoms with E-state index in [2.05, 4.69) is 73.8 Å². The van der Waals surface area contributed by atoms with Gasteiger partial charge in [-0.05, 0) is 67.7 Å². The van der Waals surface area contributed by atoms with E-state index in [1.165, 1.54) is 22.4 Å². The maximum Gasteiger partial charge on any atom is 0.119 e. The van der Waals surface area contributed by atoms with E-state index < -0.39 is 0 Å². The SMILES string of the molecule is CC1C=CN(c2cc(-c3ccc(OC(C)C)cc3)ccc2C(C)C)N1. The molecule has 0 fully saturated rings. The van der Waals surface area contributed by atoms with E-state index in [4.69, 9.17) is 4.74 Å². The number of hydrogen-bond acceptors (Lipinski definition) is 3. The Bertz CT molecular complexity index is 747. The summed E-state index contributed by atoms with van der Waals surface area (Å²) in [4.78, 5) is 0. The highest BCUT2D eigenvalue weighted by Crippen LogP contribution is 2.33. The zero-order valence-electron chi connectivity index (χ0n) is 15.8. The summed E-state index contributed by atoms with van der Waals surface area (Å²) in [6, 6.07) is 15.4. The summed E-state index contributed by atoms with van der Waals surface area (Å²) in [5.74, 6) is 1.38. The van der Waals surface area contributed by atoms with Crippen molar-refractivity contribution in [1.29, 1.82) is 0 Å².